The molecule has 2 N–H and O–H groups in total. The summed E-state index contributed by atoms with van der Waals surface area (Å²) in [4.78, 5) is 15.1. The summed E-state index contributed by atoms with van der Waals surface area (Å²) >= 11 is 1.39. The van der Waals surface area contributed by atoms with Crippen molar-refractivity contribution in [1.82, 2.24) is 15.2 Å². The van der Waals surface area contributed by atoms with E-state index in [0.717, 1.165) is 11.4 Å². The molecule has 0 atom stereocenters. The molecule has 112 valence electrons. The van der Waals surface area contributed by atoms with Gasteiger partial charge in [-0.3, -0.25) is 5.10 Å². The van der Waals surface area contributed by atoms with E-state index < -0.39 is 5.97 Å². The van der Waals surface area contributed by atoms with E-state index in [2.05, 4.69) is 15.2 Å². The molecule has 6 nitrogen and oxygen atoms in total. The highest BCUT2D eigenvalue weighted by Crippen LogP contribution is 2.21. The van der Waals surface area contributed by atoms with Crippen LogP contribution in [0.5, 0.6) is 0 Å². The summed E-state index contributed by atoms with van der Waals surface area (Å²) in [5.41, 5.74) is 1.16. The second-order valence-electron chi connectivity index (χ2n) is 4.59. The van der Waals surface area contributed by atoms with Gasteiger partial charge < -0.3 is 9.52 Å². The first-order valence-electron chi connectivity index (χ1n) is 6.61. The van der Waals surface area contributed by atoms with E-state index in [4.69, 9.17) is 9.52 Å². The van der Waals surface area contributed by atoms with E-state index in [1.165, 1.54) is 17.8 Å². The molecule has 22 heavy (non-hydrogen) atoms. The monoisotopic (exact) mass is 315 g/mol. The number of nitrogens with zero attached hydrogens (tertiary/aromatic N) is 2. The molecule has 7 heteroatoms. The van der Waals surface area contributed by atoms with Gasteiger partial charge in [-0.15, -0.1) is 5.10 Å². The molecule has 0 fully saturated rings. The highest BCUT2D eigenvalue weighted by molar-refractivity contribution is 7.98. The molecule has 1 aromatic carbocycles. The first-order chi connectivity index (χ1) is 10.7. The predicted octanol–water partition coefficient (Wildman–Crippen LogP) is 2.98. The minimum Gasteiger partial charge on any atom is -0.475 e. The molecular formula is C15H13N3O3S. The summed E-state index contributed by atoms with van der Waals surface area (Å²) in [6.45, 7) is 0. The van der Waals surface area contributed by atoms with E-state index in [1.807, 2.05) is 30.3 Å². The molecule has 2 heterocycles. The van der Waals surface area contributed by atoms with Crippen LogP contribution in [0.3, 0.4) is 0 Å². The molecule has 0 unspecified atom stereocenters. The average Bonchev–Trinajstić information content (AvgIpc) is 3.15. The first-order valence-corrected chi connectivity index (χ1v) is 7.59. The van der Waals surface area contributed by atoms with Crippen molar-refractivity contribution in [3.63, 3.8) is 0 Å². The van der Waals surface area contributed by atoms with E-state index >= 15 is 0 Å². The summed E-state index contributed by atoms with van der Waals surface area (Å²) in [6, 6.07) is 13.1. The Kier molecular flexibility index (Phi) is 4.24. The number of carbonyl (C=O) groups is 1. The van der Waals surface area contributed by atoms with Crippen LogP contribution in [-0.2, 0) is 12.2 Å². The summed E-state index contributed by atoms with van der Waals surface area (Å²) < 4.78 is 5.18. The predicted molar refractivity (Wildman–Crippen MR) is 80.9 cm³/mol. The third kappa shape index (κ3) is 3.56. The lowest BCUT2D eigenvalue weighted by Crippen LogP contribution is -1.91. The molecule has 3 rings (SSSR count). The Balaban J connectivity index is 1.58. The SMILES string of the molecule is O=C(O)c1ccc(CSc2n[nH]c(Cc3ccccc3)n2)o1. The number of H-pyrrole nitrogens is 1. The van der Waals surface area contributed by atoms with E-state index in [1.54, 1.807) is 6.07 Å². The van der Waals surface area contributed by atoms with Crippen molar-refractivity contribution in [2.24, 2.45) is 0 Å². The van der Waals surface area contributed by atoms with E-state index in [0.29, 0.717) is 23.1 Å². The van der Waals surface area contributed by atoms with Gasteiger partial charge in [0.2, 0.25) is 10.9 Å². The fourth-order valence-electron chi connectivity index (χ4n) is 1.92. The fourth-order valence-corrected chi connectivity index (χ4v) is 2.63. The fraction of sp³-hybridized carbons (Fsp3) is 0.133. The van der Waals surface area contributed by atoms with Gasteiger partial charge in [-0.05, 0) is 17.7 Å². The van der Waals surface area contributed by atoms with Gasteiger partial charge in [-0.25, -0.2) is 9.78 Å². The van der Waals surface area contributed by atoms with Crippen molar-refractivity contribution in [3.05, 3.63) is 65.4 Å². The van der Waals surface area contributed by atoms with Crippen molar-refractivity contribution in [2.75, 3.05) is 0 Å². The summed E-state index contributed by atoms with van der Waals surface area (Å²) in [5.74, 6) is 0.724. The maximum atomic E-state index is 10.7. The molecule has 0 spiro atoms. The second-order valence-corrected chi connectivity index (χ2v) is 5.53. The largest absolute Gasteiger partial charge is 0.475 e. The van der Waals surface area contributed by atoms with Crippen molar-refractivity contribution in [3.8, 4) is 0 Å². The molecule has 0 aliphatic rings. The van der Waals surface area contributed by atoms with Crippen molar-refractivity contribution in [2.45, 2.75) is 17.3 Å². The lowest BCUT2D eigenvalue weighted by Gasteiger charge is -1.95. The minimum absolute atomic E-state index is 0.0599. The summed E-state index contributed by atoms with van der Waals surface area (Å²) in [6.07, 6.45) is 0.693. The van der Waals surface area contributed by atoms with Gasteiger partial charge >= 0.3 is 5.97 Å². The lowest BCUT2D eigenvalue weighted by molar-refractivity contribution is 0.0661. The van der Waals surface area contributed by atoms with Crippen LogP contribution in [0.25, 0.3) is 0 Å². The third-order valence-electron chi connectivity index (χ3n) is 2.94. The number of aromatic amines is 1. The van der Waals surface area contributed by atoms with E-state index in [9.17, 15) is 4.79 Å². The number of hydrogen-bond acceptors (Lipinski definition) is 5. The van der Waals surface area contributed by atoms with Gasteiger partial charge in [-0.1, -0.05) is 42.1 Å². The number of hydrogen-bond donors (Lipinski definition) is 2. The Hall–Kier alpha value is -2.54. The Morgan fingerprint density at radius 2 is 2.05 bits per heavy atom. The molecule has 3 aromatic rings. The maximum Gasteiger partial charge on any atom is 0.371 e. The minimum atomic E-state index is -1.07. The molecule has 0 saturated carbocycles. The van der Waals surface area contributed by atoms with Crippen molar-refractivity contribution >= 4 is 17.7 Å². The van der Waals surface area contributed by atoms with Crippen LogP contribution in [0.15, 0.2) is 52.0 Å². The molecule has 0 aliphatic carbocycles. The second kappa shape index (κ2) is 6.48. The highest BCUT2D eigenvalue weighted by Gasteiger charge is 2.10. The van der Waals surface area contributed by atoms with Crippen LogP contribution in [0.1, 0.15) is 27.7 Å². The maximum absolute atomic E-state index is 10.7. The highest BCUT2D eigenvalue weighted by atomic mass is 32.2. The molecule has 0 amide bonds. The lowest BCUT2D eigenvalue weighted by atomic mass is 10.1. The van der Waals surface area contributed by atoms with Gasteiger partial charge in [0.15, 0.2) is 0 Å². The Labute approximate surface area is 130 Å². The van der Waals surface area contributed by atoms with Crippen LogP contribution in [0.4, 0.5) is 0 Å². The molecule has 0 saturated heterocycles. The van der Waals surface area contributed by atoms with Gasteiger partial charge in [0.25, 0.3) is 0 Å². The molecule has 0 radical (unpaired) electrons. The zero-order valence-electron chi connectivity index (χ0n) is 11.5. The number of benzene rings is 1. The Morgan fingerprint density at radius 1 is 1.23 bits per heavy atom. The average molecular weight is 315 g/mol. The summed E-state index contributed by atoms with van der Waals surface area (Å²) in [7, 11) is 0. The molecule has 2 aromatic heterocycles. The number of nitrogens with one attached hydrogen (secondary N) is 1. The topological polar surface area (TPSA) is 92.0 Å². The number of thioether (sulfide) groups is 1. The smallest absolute Gasteiger partial charge is 0.371 e. The number of rotatable bonds is 6. The molecule has 0 bridgehead atoms. The van der Waals surface area contributed by atoms with Crippen LogP contribution < -0.4 is 0 Å². The van der Waals surface area contributed by atoms with Gasteiger partial charge in [-0.2, -0.15) is 0 Å². The third-order valence-corrected chi connectivity index (χ3v) is 3.81. The van der Waals surface area contributed by atoms with Crippen molar-refractivity contribution < 1.29 is 14.3 Å². The first kappa shape index (κ1) is 14.4. The van der Waals surface area contributed by atoms with Crippen LogP contribution >= 0.6 is 11.8 Å². The summed E-state index contributed by atoms with van der Waals surface area (Å²) in [5, 5.41) is 16.5. The standard InChI is InChI=1S/C15H13N3O3S/c19-14(20)12-7-6-11(21-12)9-22-15-16-13(17-18-15)8-10-4-2-1-3-5-10/h1-7H,8-9H2,(H,19,20)(H,16,17,18). The zero-order valence-corrected chi connectivity index (χ0v) is 12.3. The zero-order chi connectivity index (χ0) is 15.4. The van der Waals surface area contributed by atoms with Crippen LogP contribution in [-0.4, -0.2) is 26.3 Å². The van der Waals surface area contributed by atoms with Gasteiger partial charge in [0.1, 0.15) is 11.6 Å². The normalized spacial score (nSPS) is 10.7. The van der Waals surface area contributed by atoms with Gasteiger partial charge in [0.05, 0.1) is 5.75 Å². The number of furan rings is 1. The quantitative estimate of drug-likeness (QED) is 0.679. The van der Waals surface area contributed by atoms with Crippen molar-refractivity contribution in [1.29, 1.82) is 0 Å². The molecule has 0 aliphatic heterocycles. The number of carboxylic acid groups (broad SMARTS) is 1. The number of aromatic nitrogens is 3. The van der Waals surface area contributed by atoms with Crippen LogP contribution in [0, 0.1) is 0 Å². The van der Waals surface area contributed by atoms with E-state index in [-0.39, 0.29) is 5.76 Å². The Morgan fingerprint density at radius 3 is 2.77 bits per heavy atom. The molecular weight excluding hydrogens is 302 g/mol. The number of carboxylic acids is 1. The number of aromatic carboxylic acids is 1. The Bertz CT molecular complexity index is 767. The van der Waals surface area contributed by atoms with Crippen LogP contribution in [0.2, 0.25) is 0 Å². The van der Waals surface area contributed by atoms with Gasteiger partial charge in [0, 0.05) is 6.42 Å².